The number of anilines is 1. The molecule has 0 atom stereocenters. The van der Waals surface area contributed by atoms with Crippen LogP contribution in [0.15, 0.2) is 27.4 Å². The van der Waals surface area contributed by atoms with Crippen LogP contribution in [0.3, 0.4) is 0 Å². The highest BCUT2D eigenvalue weighted by Gasteiger charge is 2.15. The topological polar surface area (TPSA) is 78.1 Å². The maximum Gasteiger partial charge on any atom is 0.339 e. The first-order valence-corrected chi connectivity index (χ1v) is 7.28. The van der Waals surface area contributed by atoms with Gasteiger partial charge in [-0.25, -0.2) is 4.79 Å². The second-order valence-electron chi connectivity index (χ2n) is 3.67. The first kappa shape index (κ1) is 13.8. The highest BCUT2D eigenvalue weighted by Crippen LogP contribution is 2.33. The Morgan fingerprint density at radius 1 is 1.47 bits per heavy atom. The number of aryl methyl sites for hydroxylation is 1. The number of hydrogen-bond acceptors (Lipinski definition) is 7. The molecule has 1 heterocycles. The van der Waals surface area contributed by atoms with Crippen molar-refractivity contribution in [2.24, 2.45) is 0 Å². The molecule has 19 heavy (non-hydrogen) atoms. The summed E-state index contributed by atoms with van der Waals surface area (Å²) in [5.74, 6) is -0.376. The third kappa shape index (κ3) is 3.45. The first-order valence-electron chi connectivity index (χ1n) is 5.64. The van der Waals surface area contributed by atoms with Crippen molar-refractivity contribution in [3.8, 4) is 0 Å². The standard InChI is InChI=1S/C12H13N3O2S2/c1-3-17-11(16)9-6-8(13)4-5-10(9)19-12-15-14-7(2)18-12/h4-6H,3,13H2,1-2H3. The van der Waals surface area contributed by atoms with Gasteiger partial charge in [0.15, 0.2) is 4.34 Å². The molecule has 2 aromatic rings. The maximum absolute atomic E-state index is 11.9. The minimum absolute atomic E-state index is 0.329. The van der Waals surface area contributed by atoms with E-state index in [1.165, 1.54) is 23.1 Å². The summed E-state index contributed by atoms with van der Waals surface area (Å²) in [4.78, 5) is 12.7. The van der Waals surface area contributed by atoms with E-state index in [1.807, 2.05) is 6.92 Å². The van der Waals surface area contributed by atoms with Gasteiger partial charge in [-0.1, -0.05) is 23.1 Å². The zero-order valence-corrected chi connectivity index (χ0v) is 12.2. The van der Waals surface area contributed by atoms with E-state index in [9.17, 15) is 4.79 Å². The minimum Gasteiger partial charge on any atom is -0.462 e. The molecule has 0 fully saturated rings. The lowest BCUT2D eigenvalue weighted by Gasteiger charge is -2.07. The molecule has 1 aromatic heterocycles. The summed E-state index contributed by atoms with van der Waals surface area (Å²) in [5, 5.41) is 8.86. The predicted octanol–water partition coefficient (Wildman–Crippen LogP) is 2.76. The largest absolute Gasteiger partial charge is 0.462 e. The number of ether oxygens (including phenoxy) is 1. The summed E-state index contributed by atoms with van der Waals surface area (Å²) < 4.78 is 5.81. The molecular weight excluding hydrogens is 282 g/mol. The number of carbonyl (C=O) groups is 1. The molecule has 2 N–H and O–H groups in total. The molecular formula is C12H13N3O2S2. The third-order valence-electron chi connectivity index (χ3n) is 2.20. The monoisotopic (exact) mass is 295 g/mol. The van der Waals surface area contributed by atoms with Crippen molar-refractivity contribution in [2.45, 2.75) is 23.1 Å². The maximum atomic E-state index is 11.9. The van der Waals surface area contributed by atoms with Gasteiger partial charge in [0.2, 0.25) is 0 Å². The van der Waals surface area contributed by atoms with Gasteiger partial charge in [-0.05, 0) is 32.0 Å². The number of nitrogens with zero attached hydrogens (tertiary/aromatic N) is 2. The highest BCUT2D eigenvalue weighted by atomic mass is 32.2. The Morgan fingerprint density at radius 3 is 2.89 bits per heavy atom. The second-order valence-corrected chi connectivity index (χ2v) is 6.14. The molecule has 0 unspecified atom stereocenters. The minimum atomic E-state index is -0.376. The Labute approximate surface area is 119 Å². The van der Waals surface area contributed by atoms with Gasteiger partial charge in [-0.15, -0.1) is 10.2 Å². The summed E-state index contributed by atoms with van der Waals surface area (Å²) in [6, 6.07) is 5.16. The van der Waals surface area contributed by atoms with Crippen molar-refractivity contribution in [1.29, 1.82) is 0 Å². The van der Waals surface area contributed by atoms with Crippen molar-refractivity contribution in [3.63, 3.8) is 0 Å². The second kappa shape index (κ2) is 6.03. The Bertz CT molecular complexity index is 598. The van der Waals surface area contributed by atoms with Crippen LogP contribution in [-0.2, 0) is 4.74 Å². The van der Waals surface area contributed by atoms with E-state index in [4.69, 9.17) is 10.5 Å². The van der Waals surface area contributed by atoms with Crippen molar-refractivity contribution in [2.75, 3.05) is 12.3 Å². The molecule has 1 aromatic carbocycles. The van der Waals surface area contributed by atoms with E-state index in [0.717, 1.165) is 14.2 Å². The van der Waals surface area contributed by atoms with Crippen LogP contribution in [0, 0.1) is 6.92 Å². The fourth-order valence-corrected chi connectivity index (χ4v) is 3.29. The summed E-state index contributed by atoms with van der Waals surface area (Å²) in [5.41, 5.74) is 6.70. The molecule has 100 valence electrons. The third-order valence-corrected chi connectivity index (χ3v) is 4.17. The zero-order chi connectivity index (χ0) is 13.8. The van der Waals surface area contributed by atoms with E-state index in [1.54, 1.807) is 25.1 Å². The van der Waals surface area contributed by atoms with Crippen LogP contribution in [0.5, 0.6) is 0 Å². The lowest BCUT2D eigenvalue weighted by Crippen LogP contribution is -2.06. The van der Waals surface area contributed by atoms with Gasteiger partial charge >= 0.3 is 5.97 Å². The molecule has 0 radical (unpaired) electrons. The van der Waals surface area contributed by atoms with Crippen LogP contribution in [0.2, 0.25) is 0 Å². The molecule has 7 heteroatoms. The van der Waals surface area contributed by atoms with Crippen molar-refractivity contribution < 1.29 is 9.53 Å². The molecule has 0 bridgehead atoms. The number of carbonyl (C=O) groups excluding carboxylic acids is 1. The molecule has 0 amide bonds. The fourth-order valence-electron chi connectivity index (χ4n) is 1.42. The highest BCUT2D eigenvalue weighted by molar-refractivity contribution is 8.01. The van der Waals surface area contributed by atoms with Crippen LogP contribution < -0.4 is 5.73 Å². The normalized spacial score (nSPS) is 10.4. The smallest absolute Gasteiger partial charge is 0.339 e. The van der Waals surface area contributed by atoms with Gasteiger partial charge in [0.25, 0.3) is 0 Å². The Kier molecular flexibility index (Phi) is 4.39. The van der Waals surface area contributed by atoms with Crippen LogP contribution in [0.1, 0.15) is 22.3 Å². The molecule has 0 aliphatic heterocycles. The summed E-state index contributed by atoms with van der Waals surface area (Å²) in [6.07, 6.45) is 0. The molecule has 0 aliphatic carbocycles. The van der Waals surface area contributed by atoms with Gasteiger partial charge in [0.05, 0.1) is 12.2 Å². The fraction of sp³-hybridized carbons (Fsp3) is 0.250. The van der Waals surface area contributed by atoms with Crippen molar-refractivity contribution in [1.82, 2.24) is 10.2 Å². The number of benzene rings is 1. The van der Waals surface area contributed by atoms with Crippen LogP contribution >= 0.6 is 23.1 Å². The van der Waals surface area contributed by atoms with E-state index in [0.29, 0.717) is 17.9 Å². The van der Waals surface area contributed by atoms with Gasteiger partial charge in [-0.3, -0.25) is 0 Å². The number of nitrogens with two attached hydrogens (primary N) is 1. The summed E-state index contributed by atoms with van der Waals surface area (Å²) in [7, 11) is 0. The Hall–Kier alpha value is -1.60. The summed E-state index contributed by atoms with van der Waals surface area (Å²) in [6.45, 7) is 3.98. The summed E-state index contributed by atoms with van der Waals surface area (Å²) >= 11 is 2.86. The van der Waals surface area contributed by atoms with Gasteiger partial charge < -0.3 is 10.5 Å². The lowest BCUT2D eigenvalue weighted by molar-refractivity contribution is 0.0522. The van der Waals surface area contributed by atoms with E-state index in [-0.39, 0.29) is 5.97 Å². The SMILES string of the molecule is CCOC(=O)c1cc(N)ccc1Sc1nnc(C)s1. The van der Waals surface area contributed by atoms with E-state index in [2.05, 4.69) is 10.2 Å². The van der Waals surface area contributed by atoms with Crippen LogP contribution in [0.25, 0.3) is 0 Å². The van der Waals surface area contributed by atoms with Crippen molar-refractivity contribution >= 4 is 34.8 Å². The lowest BCUT2D eigenvalue weighted by atomic mass is 10.2. The molecule has 0 saturated heterocycles. The predicted molar refractivity (Wildman–Crippen MR) is 75.6 cm³/mol. The van der Waals surface area contributed by atoms with E-state index < -0.39 is 0 Å². The average Bonchev–Trinajstić information content (AvgIpc) is 2.77. The van der Waals surface area contributed by atoms with Crippen LogP contribution in [-0.4, -0.2) is 22.8 Å². The van der Waals surface area contributed by atoms with Crippen molar-refractivity contribution in [3.05, 3.63) is 28.8 Å². The Balaban J connectivity index is 2.31. The number of aromatic nitrogens is 2. The van der Waals surface area contributed by atoms with Gasteiger partial charge in [0, 0.05) is 10.6 Å². The quantitative estimate of drug-likeness (QED) is 0.690. The number of esters is 1. The molecule has 0 saturated carbocycles. The number of nitrogen functional groups attached to an aromatic ring is 1. The van der Waals surface area contributed by atoms with E-state index >= 15 is 0 Å². The zero-order valence-electron chi connectivity index (χ0n) is 10.5. The van der Waals surface area contributed by atoms with Gasteiger partial charge in [0.1, 0.15) is 5.01 Å². The average molecular weight is 295 g/mol. The molecule has 0 spiro atoms. The number of rotatable bonds is 4. The number of hydrogen-bond donors (Lipinski definition) is 1. The van der Waals surface area contributed by atoms with Crippen LogP contribution in [0.4, 0.5) is 5.69 Å². The molecule has 0 aliphatic rings. The first-order chi connectivity index (χ1) is 9.10. The Morgan fingerprint density at radius 2 is 2.26 bits per heavy atom. The van der Waals surface area contributed by atoms with Gasteiger partial charge in [-0.2, -0.15) is 0 Å². The molecule has 5 nitrogen and oxygen atoms in total. The molecule has 2 rings (SSSR count).